The first kappa shape index (κ1) is 22.9. The minimum absolute atomic E-state index is 0.149. The van der Waals surface area contributed by atoms with Crippen LogP contribution < -0.4 is 4.72 Å². The van der Waals surface area contributed by atoms with Crippen molar-refractivity contribution in [1.29, 1.82) is 5.26 Å². The van der Waals surface area contributed by atoms with Gasteiger partial charge in [-0.15, -0.1) is 0 Å². The highest BCUT2D eigenvalue weighted by molar-refractivity contribution is 7.89. The van der Waals surface area contributed by atoms with E-state index in [1.54, 1.807) is 29.2 Å². The molecule has 1 N–H and O–H groups in total. The van der Waals surface area contributed by atoms with Crippen molar-refractivity contribution in [2.45, 2.75) is 31.3 Å². The largest absolute Gasteiger partial charge is 0.376 e. The van der Waals surface area contributed by atoms with E-state index < -0.39 is 10.0 Å². The van der Waals surface area contributed by atoms with Gasteiger partial charge in [0, 0.05) is 13.1 Å². The van der Waals surface area contributed by atoms with Crippen LogP contribution in [-0.2, 0) is 26.2 Å². The predicted molar refractivity (Wildman–Crippen MR) is 116 cm³/mol. The lowest BCUT2D eigenvalue weighted by Gasteiger charge is -2.32. The van der Waals surface area contributed by atoms with Crippen LogP contribution in [0.2, 0.25) is 0 Å². The molecule has 164 valence electrons. The number of ether oxygens (including phenoxy) is 1. The van der Waals surface area contributed by atoms with Gasteiger partial charge in [0.1, 0.15) is 0 Å². The number of amides is 1. The third-order valence-electron chi connectivity index (χ3n) is 5.29. The Morgan fingerprint density at radius 1 is 1.26 bits per heavy atom. The highest BCUT2D eigenvalue weighted by atomic mass is 32.2. The molecule has 8 heteroatoms. The molecule has 0 radical (unpaired) electrons. The van der Waals surface area contributed by atoms with Crippen molar-refractivity contribution in [3.8, 4) is 6.07 Å². The van der Waals surface area contributed by atoms with E-state index in [0.29, 0.717) is 31.9 Å². The van der Waals surface area contributed by atoms with Gasteiger partial charge in [-0.2, -0.15) is 5.26 Å². The molecule has 1 fully saturated rings. The third-order valence-corrected chi connectivity index (χ3v) is 6.71. The predicted octanol–water partition coefficient (Wildman–Crippen LogP) is 2.60. The summed E-state index contributed by atoms with van der Waals surface area (Å²) in [5, 5.41) is 8.97. The average molecular weight is 442 g/mol. The quantitative estimate of drug-likeness (QED) is 0.679. The monoisotopic (exact) mass is 441 g/mol. The number of carbonyl (C=O) groups is 1. The van der Waals surface area contributed by atoms with Gasteiger partial charge in [-0.05, 0) is 55.5 Å². The molecule has 31 heavy (non-hydrogen) atoms. The molecule has 0 aromatic heterocycles. The SMILES string of the molecule is Cc1ccc(S(=O)(=O)NCC(=O)N2CCCC(COCc3cccc(C#N)c3)C2)cc1. The van der Waals surface area contributed by atoms with Crippen LogP contribution in [0.25, 0.3) is 0 Å². The average Bonchev–Trinajstić information content (AvgIpc) is 2.78. The number of aryl methyl sites for hydroxylation is 1. The molecule has 1 saturated heterocycles. The summed E-state index contributed by atoms with van der Waals surface area (Å²) in [6.45, 7) is 3.71. The van der Waals surface area contributed by atoms with Gasteiger partial charge in [-0.3, -0.25) is 4.79 Å². The lowest BCUT2D eigenvalue weighted by molar-refractivity contribution is -0.132. The van der Waals surface area contributed by atoms with Gasteiger partial charge in [0.25, 0.3) is 0 Å². The van der Waals surface area contributed by atoms with E-state index >= 15 is 0 Å². The minimum Gasteiger partial charge on any atom is -0.376 e. The maximum absolute atomic E-state index is 12.6. The molecule has 0 spiro atoms. The van der Waals surface area contributed by atoms with E-state index in [1.807, 2.05) is 19.1 Å². The van der Waals surface area contributed by atoms with Crippen molar-refractivity contribution in [1.82, 2.24) is 9.62 Å². The number of piperidine rings is 1. The van der Waals surface area contributed by atoms with Crippen molar-refractivity contribution in [3.05, 3.63) is 65.2 Å². The Labute approximate surface area is 183 Å². The second kappa shape index (κ2) is 10.5. The van der Waals surface area contributed by atoms with Crippen molar-refractivity contribution >= 4 is 15.9 Å². The molecule has 1 heterocycles. The van der Waals surface area contributed by atoms with Gasteiger partial charge in [0.15, 0.2) is 0 Å². The van der Waals surface area contributed by atoms with E-state index in [9.17, 15) is 13.2 Å². The van der Waals surface area contributed by atoms with Gasteiger partial charge in [-0.1, -0.05) is 29.8 Å². The molecule has 0 aliphatic carbocycles. The van der Waals surface area contributed by atoms with Crippen LogP contribution in [-0.4, -0.2) is 45.5 Å². The summed E-state index contributed by atoms with van der Waals surface area (Å²) in [5.41, 5.74) is 2.51. The molecule has 0 saturated carbocycles. The molecule has 2 aromatic rings. The normalized spacial score (nSPS) is 16.6. The number of rotatable bonds is 8. The number of nitrogens with one attached hydrogen (secondary N) is 1. The molecule has 1 atom stereocenters. The van der Waals surface area contributed by atoms with E-state index in [0.717, 1.165) is 24.0 Å². The Kier molecular flexibility index (Phi) is 7.80. The number of benzene rings is 2. The fraction of sp³-hybridized carbons (Fsp3) is 0.391. The summed E-state index contributed by atoms with van der Waals surface area (Å²) in [5.74, 6) is -0.0346. The second-order valence-corrected chi connectivity index (χ2v) is 9.58. The Bertz CT molecular complexity index is 1050. The van der Waals surface area contributed by atoms with Crippen molar-refractivity contribution < 1.29 is 17.9 Å². The van der Waals surface area contributed by atoms with Crippen LogP contribution >= 0.6 is 0 Å². The number of nitriles is 1. The molecule has 3 rings (SSSR count). The molecule has 0 bridgehead atoms. The minimum atomic E-state index is -3.72. The van der Waals surface area contributed by atoms with Gasteiger partial charge >= 0.3 is 0 Å². The standard InChI is InChI=1S/C23H27N3O4S/c1-18-7-9-22(10-8-18)31(28,29)25-14-23(27)26-11-3-6-21(15-26)17-30-16-20-5-2-4-19(12-20)13-24/h2,4-5,7-10,12,21,25H,3,6,11,14-17H2,1H3. The second-order valence-electron chi connectivity index (χ2n) is 7.81. The maximum Gasteiger partial charge on any atom is 0.241 e. The fourth-order valence-corrected chi connectivity index (χ4v) is 4.55. The zero-order valence-electron chi connectivity index (χ0n) is 17.6. The van der Waals surface area contributed by atoms with Crippen LogP contribution in [0, 0.1) is 24.2 Å². The highest BCUT2D eigenvalue weighted by Crippen LogP contribution is 2.18. The van der Waals surface area contributed by atoms with Crippen LogP contribution in [0.1, 0.15) is 29.5 Å². The summed E-state index contributed by atoms with van der Waals surface area (Å²) in [6, 6.07) is 15.9. The topological polar surface area (TPSA) is 99.5 Å². The first-order valence-electron chi connectivity index (χ1n) is 10.3. The summed E-state index contributed by atoms with van der Waals surface area (Å²) in [4.78, 5) is 14.4. The maximum atomic E-state index is 12.6. The first-order chi connectivity index (χ1) is 14.9. The number of sulfonamides is 1. The van der Waals surface area contributed by atoms with Gasteiger partial charge in [0.05, 0.1) is 36.3 Å². The summed E-state index contributed by atoms with van der Waals surface area (Å²) < 4.78 is 33.0. The van der Waals surface area contributed by atoms with Crippen LogP contribution in [0.5, 0.6) is 0 Å². The van der Waals surface area contributed by atoms with E-state index in [-0.39, 0.29) is 23.3 Å². The summed E-state index contributed by atoms with van der Waals surface area (Å²) in [7, 11) is -3.72. The molecular formula is C23H27N3O4S. The molecule has 1 aliphatic heterocycles. The molecular weight excluding hydrogens is 414 g/mol. The fourth-order valence-electron chi connectivity index (χ4n) is 3.57. The number of hydrogen-bond acceptors (Lipinski definition) is 5. The number of likely N-dealkylation sites (tertiary alicyclic amines) is 1. The molecule has 1 amide bonds. The summed E-state index contributed by atoms with van der Waals surface area (Å²) in [6.07, 6.45) is 1.81. The number of carbonyl (C=O) groups excluding carboxylic acids is 1. The van der Waals surface area contributed by atoms with Gasteiger partial charge in [-0.25, -0.2) is 13.1 Å². The van der Waals surface area contributed by atoms with Crippen LogP contribution in [0.4, 0.5) is 0 Å². The van der Waals surface area contributed by atoms with E-state index in [2.05, 4.69) is 10.8 Å². The Morgan fingerprint density at radius 2 is 2.03 bits per heavy atom. The molecule has 1 aliphatic rings. The Hall–Kier alpha value is -2.73. The number of hydrogen-bond donors (Lipinski definition) is 1. The molecule has 2 aromatic carbocycles. The lowest BCUT2D eigenvalue weighted by Crippen LogP contribution is -2.45. The molecule has 1 unspecified atom stereocenters. The first-order valence-corrected chi connectivity index (χ1v) is 11.8. The van der Waals surface area contributed by atoms with Crippen LogP contribution in [0.15, 0.2) is 53.4 Å². The zero-order valence-corrected chi connectivity index (χ0v) is 18.4. The smallest absolute Gasteiger partial charge is 0.241 e. The van der Waals surface area contributed by atoms with Gasteiger partial charge in [0.2, 0.25) is 15.9 Å². The molecule has 7 nitrogen and oxygen atoms in total. The Balaban J connectivity index is 1.46. The Morgan fingerprint density at radius 3 is 2.77 bits per heavy atom. The number of nitrogens with zero attached hydrogens (tertiary/aromatic N) is 2. The lowest BCUT2D eigenvalue weighted by atomic mass is 9.99. The van der Waals surface area contributed by atoms with Crippen molar-refractivity contribution in [2.75, 3.05) is 26.2 Å². The summed E-state index contributed by atoms with van der Waals surface area (Å²) >= 11 is 0. The third kappa shape index (κ3) is 6.62. The highest BCUT2D eigenvalue weighted by Gasteiger charge is 2.25. The van der Waals surface area contributed by atoms with E-state index in [1.165, 1.54) is 12.1 Å². The van der Waals surface area contributed by atoms with Gasteiger partial charge < -0.3 is 9.64 Å². The van der Waals surface area contributed by atoms with E-state index in [4.69, 9.17) is 10.00 Å². The van der Waals surface area contributed by atoms with Crippen LogP contribution in [0.3, 0.4) is 0 Å². The van der Waals surface area contributed by atoms with Crippen molar-refractivity contribution in [2.24, 2.45) is 5.92 Å². The zero-order chi connectivity index (χ0) is 22.3. The van der Waals surface area contributed by atoms with Crippen molar-refractivity contribution in [3.63, 3.8) is 0 Å².